The number of rotatable bonds is 7. The molecule has 0 N–H and O–H groups in total. The van der Waals surface area contributed by atoms with Gasteiger partial charge in [-0.05, 0) is 71.3 Å². The molecule has 0 bridgehead atoms. The molecule has 3 aromatic rings. The fraction of sp³-hybridized carbons (Fsp3) is 0.259. The highest BCUT2D eigenvalue weighted by Crippen LogP contribution is 2.53. The average molecular weight is 443 g/mol. The maximum Gasteiger partial charge on any atom is 0.365 e. The zero-order valence-corrected chi connectivity index (χ0v) is 19.0. The molecule has 0 aromatic heterocycles. The molecule has 4 rings (SSSR count). The lowest BCUT2D eigenvalue weighted by Gasteiger charge is -2.29. The SMILES string of the molecule is CC/C(=N\OC(=O)c1ccccc1)c1ccc2c(c1)C(CC)(CC)c1cc([N+](=O)[O-])ccc1-2. The van der Waals surface area contributed by atoms with Gasteiger partial charge in [-0.2, -0.15) is 0 Å². The third-order valence-electron chi connectivity index (χ3n) is 6.68. The smallest absolute Gasteiger partial charge is 0.313 e. The Morgan fingerprint density at radius 3 is 2.15 bits per heavy atom. The largest absolute Gasteiger partial charge is 0.365 e. The number of carbonyl (C=O) groups is 1. The number of oxime groups is 1. The predicted molar refractivity (Wildman–Crippen MR) is 129 cm³/mol. The minimum Gasteiger partial charge on any atom is -0.313 e. The number of fused-ring (bicyclic) bond motifs is 3. The standard InChI is InChI=1S/C27H26N2O4/c1-4-25(28-33-26(30)18-10-8-7-9-11-18)19-12-14-21-22-15-13-20(29(31)32)17-24(22)27(5-2,6-3)23(21)16-19/h7-17H,4-6H2,1-3H3/b28-25+. The Labute approximate surface area is 193 Å². The summed E-state index contributed by atoms with van der Waals surface area (Å²) < 4.78 is 0. The molecule has 6 nitrogen and oxygen atoms in total. The van der Waals surface area contributed by atoms with E-state index in [1.807, 2.05) is 31.2 Å². The van der Waals surface area contributed by atoms with Gasteiger partial charge in [0.15, 0.2) is 0 Å². The maximum atomic E-state index is 12.3. The van der Waals surface area contributed by atoms with E-state index in [1.54, 1.807) is 36.4 Å². The minimum absolute atomic E-state index is 0.108. The number of hydrogen-bond donors (Lipinski definition) is 0. The van der Waals surface area contributed by atoms with Gasteiger partial charge in [0.05, 0.1) is 16.2 Å². The highest BCUT2D eigenvalue weighted by molar-refractivity contribution is 6.02. The number of non-ortho nitro benzene ring substituents is 1. The van der Waals surface area contributed by atoms with Crippen molar-refractivity contribution in [1.29, 1.82) is 0 Å². The second kappa shape index (κ2) is 8.98. The second-order valence-electron chi connectivity index (χ2n) is 8.17. The number of hydrogen-bond acceptors (Lipinski definition) is 5. The number of benzene rings is 3. The van der Waals surface area contributed by atoms with Crippen LogP contribution in [0.1, 0.15) is 67.1 Å². The molecule has 0 atom stereocenters. The molecular weight excluding hydrogens is 416 g/mol. The first-order valence-electron chi connectivity index (χ1n) is 11.2. The van der Waals surface area contributed by atoms with Crippen LogP contribution < -0.4 is 0 Å². The zero-order valence-electron chi connectivity index (χ0n) is 19.0. The van der Waals surface area contributed by atoms with Gasteiger partial charge in [-0.3, -0.25) is 10.1 Å². The van der Waals surface area contributed by atoms with Crippen molar-refractivity contribution in [3.63, 3.8) is 0 Å². The Kier molecular flexibility index (Phi) is 6.09. The quantitative estimate of drug-likeness (QED) is 0.177. The van der Waals surface area contributed by atoms with Crippen LogP contribution in [0.4, 0.5) is 5.69 Å². The molecule has 0 spiro atoms. The maximum absolute atomic E-state index is 12.3. The Hall–Kier alpha value is -3.80. The molecular formula is C27H26N2O4. The fourth-order valence-corrected chi connectivity index (χ4v) is 4.83. The molecule has 0 saturated carbocycles. The van der Waals surface area contributed by atoms with E-state index in [0.29, 0.717) is 17.7 Å². The third kappa shape index (κ3) is 3.82. The van der Waals surface area contributed by atoms with E-state index in [2.05, 4.69) is 25.1 Å². The lowest BCUT2D eigenvalue weighted by Crippen LogP contribution is -2.23. The minimum atomic E-state index is -0.501. The summed E-state index contributed by atoms with van der Waals surface area (Å²) in [6.45, 7) is 6.20. The summed E-state index contributed by atoms with van der Waals surface area (Å²) in [5.74, 6) is -0.501. The summed E-state index contributed by atoms with van der Waals surface area (Å²) in [4.78, 5) is 28.7. The highest BCUT2D eigenvalue weighted by Gasteiger charge is 2.41. The summed E-state index contributed by atoms with van der Waals surface area (Å²) in [6, 6.07) is 20.0. The summed E-state index contributed by atoms with van der Waals surface area (Å²) >= 11 is 0. The Balaban J connectivity index is 1.74. The predicted octanol–water partition coefficient (Wildman–Crippen LogP) is 6.65. The van der Waals surface area contributed by atoms with Gasteiger partial charge < -0.3 is 4.84 Å². The van der Waals surface area contributed by atoms with Crippen LogP contribution in [0.15, 0.2) is 71.9 Å². The normalized spacial score (nSPS) is 13.8. The summed E-state index contributed by atoms with van der Waals surface area (Å²) in [6.07, 6.45) is 2.22. The summed E-state index contributed by atoms with van der Waals surface area (Å²) in [7, 11) is 0. The topological polar surface area (TPSA) is 81.8 Å². The van der Waals surface area contributed by atoms with Crippen molar-refractivity contribution in [3.05, 3.63) is 99.1 Å². The van der Waals surface area contributed by atoms with Gasteiger partial charge in [-0.25, -0.2) is 4.79 Å². The van der Waals surface area contributed by atoms with Crippen LogP contribution in [0.5, 0.6) is 0 Å². The van der Waals surface area contributed by atoms with Crippen molar-refractivity contribution in [2.75, 3.05) is 0 Å². The Morgan fingerprint density at radius 1 is 0.909 bits per heavy atom. The van der Waals surface area contributed by atoms with Crippen LogP contribution in [0.25, 0.3) is 11.1 Å². The number of nitro groups is 1. The first-order chi connectivity index (χ1) is 15.9. The van der Waals surface area contributed by atoms with E-state index in [1.165, 1.54) is 0 Å². The van der Waals surface area contributed by atoms with Crippen LogP contribution >= 0.6 is 0 Å². The van der Waals surface area contributed by atoms with Crippen molar-refractivity contribution in [3.8, 4) is 11.1 Å². The molecule has 33 heavy (non-hydrogen) atoms. The molecule has 1 aliphatic carbocycles. The molecule has 0 heterocycles. The van der Waals surface area contributed by atoms with E-state index >= 15 is 0 Å². The molecule has 0 saturated heterocycles. The van der Waals surface area contributed by atoms with Gasteiger partial charge >= 0.3 is 5.97 Å². The Morgan fingerprint density at radius 2 is 1.55 bits per heavy atom. The molecule has 1 aliphatic rings. The zero-order chi connectivity index (χ0) is 23.6. The lowest BCUT2D eigenvalue weighted by atomic mass is 9.73. The molecule has 0 unspecified atom stereocenters. The number of carbonyl (C=O) groups excluding carboxylic acids is 1. The van der Waals surface area contributed by atoms with Crippen molar-refractivity contribution >= 4 is 17.4 Å². The summed E-state index contributed by atoms with van der Waals surface area (Å²) in [5, 5.41) is 15.6. The first-order valence-corrected chi connectivity index (χ1v) is 11.2. The number of nitro benzene ring substituents is 1. The van der Waals surface area contributed by atoms with Crippen molar-refractivity contribution < 1.29 is 14.6 Å². The van der Waals surface area contributed by atoms with Gasteiger partial charge in [-0.15, -0.1) is 0 Å². The molecule has 0 amide bonds. The average Bonchev–Trinajstić information content (AvgIpc) is 3.13. The van der Waals surface area contributed by atoms with E-state index in [-0.39, 0.29) is 16.0 Å². The Bertz CT molecular complexity index is 1240. The lowest BCUT2D eigenvalue weighted by molar-refractivity contribution is -0.384. The third-order valence-corrected chi connectivity index (χ3v) is 6.68. The van der Waals surface area contributed by atoms with Crippen LogP contribution in [0, 0.1) is 10.1 Å². The van der Waals surface area contributed by atoms with Gasteiger partial charge in [0, 0.05) is 17.5 Å². The van der Waals surface area contributed by atoms with Crippen LogP contribution in [-0.4, -0.2) is 16.6 Å². The van der Waals surface area contributed by atoms with Crippen LogP contribution in [0.3, 0.4) is 0 Å². The van der Waals surface area contributed by atoms with Crippen molar-refractivity contribution in [2.24, 2.45) is 5.16 Å². The van der Waals surface area contributed by atoms with Crippen molar-refractivity contribution in [1.82, 2.24) is 0 Å². The molecule has 0 radical (unpaired) electrons. The highest BCUT2D eigenvalue weighted by atomic mass is 16.7. The summed E-state index contributed by atoms with van der Waals surface area (Å²) in [5.41, 5.74) is 6.05. The van der Waals surface area contributed by atoms with E-state index in [0.717, 1.165) is 40.7 Å². The van der Waals surface area contributed by atoms with Crippen LogP contribution in [-0.2, 0) is 10.3 Å². The molecule has 3 aromatic carbocycles. The first kappa shape index (κ1) is 22.4. The molecule has 0 aliphatic heterocycles. The van der Waals surface area contributed by atoms with Crippen molar-refractivity contribution in [2.45, 2.75) is 45.4 Å². The molecule has 6 heteroatoms. The van der Waals surface area contributed by atoms with Gasteiger partial charge in [-0.1, -0.05) is 56.3 Å². The second-order valence-corrected chi connectivity index (χ2v) is 8.17. The fourth-order valence-electron chi connectivity index (χ4n) is 4.83. The molecule has 168 valence electrons. The van der Waals surface area contributed by atoms with Gasteiger partial charge in [0.2, 0.25) is 0 Å². The van der Waals surface area contributed by atoms with E-state index in [9.17, 15) is 14.9 Å². The molecule has 0 fully saturated rings. The van der Waals surface area contributed by atoms with E-state index in [4.69, 9.17) is 4.84 Å². The van der Waals surface area contributed by atoms with Crippen LogP contribution in [0.2, 0.25) is 0 Å². The van der Waals surface area contributed by atoms with E-state index < -0.39 is 5.97 Å². The van der Waals surface area contributed by atoms with Gasteiger partial charge in [0.25, 0.3) is 5.69 Å². The monoisotopic (exact) mass is 442 g/mol. The number of nitrogens with zero attached hydrogens (tertiary/aromatic N) is 2. The van der Waals surface area contributed by atoms with Gasteiger partial charge in [0.1, 0.15) is 0 Å².